The molecule has 2 unspecified atom stereocenters. The van der Waals surface area contributed by atoms with Crippen molar-refractivity contribution in [3.63, 3.8) is 0 Å². The Bertz CT molecular complexity index is 2140. The fraction of sp³-hybridized carbons (Fsp3) is 0.176. The van der Waals surface area contributed by atoms with Crippen LogP contribution >= 0.6 is 0 Å². The molecule has 4 aromatic carbocycles. The molecule has 0 aromatic heterocycles. The summed E-state index contributed by atoms with van der Waals surface area (Å²) in [6, 6.07) is 4.99. The first-order valence-electron chi connectivity index (χ1n) is 15.4. The summed E-state index contributed by atoms with van der Waals surface area (Å²) in [6.07, 6.45) is -11.2. The van der Waals surface area contributed by atoms with Crippen molar-refractivity contribution < 1.29 is 109 Å². The molecule has 0 radical (unpaired) electrons. The molecule has 1 aliphatic heterocycles. The summed E-state index contributed by atoms with van der Waals surface area (Å²) in [4.78, 5) is 53.1. The van der Waals surface area contributed by atoms with Crippen LogP contribution in [0.25, 0.3) is 0 Å². The Morgan fingerprint density at radius 3 is 1.02 bits per heavy atom. The van der Waals surface area contributed by atoms with Gasteiger partial charge in [-0.05, 0) is 48.5 Å². The zero-order chi connectivity index (χ0) is 41.3. The predicted octanol–water partition coefficient (Wildman–Crippen LogP) is 0.705. The Balaban J connectivity index is 1.57. The van der Waals surface area contributed by atoms with Crippen molar-refractivity contribution in [2.45, 2.75) is 30.7 Å². The summed E-state index contributed by atoms with van der Waals surface area (Å²) in [5.41, 5.74) is -2.68. The lowest BCUT2D eigenvalue weighted by Crippen LogP contribution is -2.62. The Hall–Kier alpha value is -7.72. The number of aliphatic hydroxyl groups excluding tert-OH is 1. The summed E-state index contributed by atoms with van der Waals surface area (Å²) < 4.78 is 26.8. The topological polar surface area (TPSA) is 377 Å². The van der Waals surface area contributed by atoms with Gasteiger partial charge in [-0.2, -0.15) is 0 Å². The van der Waals surface area contributed by atoms with E-state index in [-0.39, 0.29) is 0 Å². The average Bonchev–Trinajstić information content (AvgIpc) is 3.14. The first-order valence-corrected chi connectivity index (χ1v) is 15.4. The van der Waals surface area contributed by atoms with Crippen LogP contribution in [0.2, 0.25) is 0 Å². The highest BCUT2D eigenvalue weighted by molar-refractivity contribution is 5.93. The molecule has 0 bridgehead atoms. The first kappa shape index (κ1) is 39.5. The predicted molar refractivity (Wildman–Crippen MR) is 175 cm³/mol. The van der Waals surface area contributed by atoms with Gasteiger partial charge in [-0.15, -0.1) is 0 Å². The normalized spacial score (nSPS) is 19.1. The smallest absolute Gasteiger partial charge is 0.339 e. The molecule has 4 aromatic rings. The summed E-state index contributed by atoms with van der Waals surface area (Å²) >= 11 is 0. The summed E-state index contributed by atoms with van der Waals surface area (Å²) in [7, 11) is 0. The van der Waals surface area contributed by atoms with Crippen LogP contribution in [0.1, 0.15) is 41.4 Å². The number of carbonyl (C=O) groups is 4. The second kappa shape index (κ2) is 15.3. The number of hydrogen-bond acceptors (Lipinski definition) is 22. The van der Waals surface area contributed by atoms with Crippen LogP contribution in [-0.4, -0.2) is 128 Å². The quantitative estimate of drug-likeness (QED) is 0.0630. The lowest BCUT2D eigenvalue weighted by molar-refractivity contribution is -0.284. The highest BCUT2D eigenvalue weighted by Crippen LogP contribution is 2.40. The molecule has 1 aliphatic rings. The van der Waals surface area contributed by atoms with Gasteiger partial charge in [0.25, 0.3) is 0 Å². The Kier molecular flexibility index (Phi) is 10.8. The minimum absolute atomic E-state index is 0.570. The highest BCUT2D eigenvalue weighted by Gasteiger charge is 2.53. The number of aromatic hydroxyl groups is 12. The minimum atomic E-state index is -2.43. The van der Waals surface area contributed by atoms with E-state index in [1.807, 2.05) is 0 Å². The molecule has 22 heteroatoms. The van der Waals surface area contributed by atoms with Crippen molar-refractivity contribution in [3.05, 3.63) is 70.8 Å². The highest BCUT2D eigenvalue weighted by atomic mass is 16.7. The van der Waals surface area contributed by atoms with Gasteiger partial charge in [0.05, 0.1) is 22.3 Å². The van der Waals surface area contributed by atoms with E-state index >= 15 is 0 Å². The van der Waals surface area contributed by atoms with Crippen LogP contribution in [-0.2, 0) is 23.7 Å². The fourth-order valence-electron chi connectivity index (χ4n) is 5.14. The lowest BCUT2D eigenvalue weighted by Gasteiger charge is -2.42. The molecule has 296 valence electrons. The number of aliphatic hydroxyl groups is 1. The molecule has 0 saturated carbocycles. The van der Waals surface area contributed by atoms with Crippen molar-refractivity contribution >= 4 is 23.9 Å². The van der Waals surface area contributed by atoms with Crippen molar-refractivity contribution in [2.24, 2.45) is 0 Å². The second-order valence-corrected chi connectivity index (χ2v) is 11.7. The molecular formula is C34H28O22. The zero-order valence-corrected chi connectivity index (χ0v) is 27.7. The standard InChI is InChI=1S/C34H28O22/c35-14-1-10(2-15(36)23(14)43)30(47)52-9-22-27(54-31(48)11-3-16(37)24(44)17(38)4-11)28(55-32(49)12-5-18(39)25(45)19(40)6-12)29(34(51)53-22)56-33(50)13-7-20(41)26(46)21(42)8-13/h1-8,22,27-29,34-46,51H,9H2/t22?,27-,28?,29+,34-/m1/s1. The van der Waals surface area contributed by atoms with Crippen LogP contribution in [0.5, 0.6) is 69.0 Å². The third-order valence-electron chi connectivity index (χ3n) is 7.94. The van der Waals surface area contributed by atoms with Gasteiger partial charge in [0, 0.05) is 0 Å². The minimum Gasteiger partial charge on any atom is -0.504 e. The van der Waals surface area contributed by atoms with Crippen LogP contribution in [0, 0.1) is 0 Å². The maximum absolute atomic E-state index is 13.5. The Morgan fingerprint density at radius 1 is 0.429 bits per heavy atom. The molecule has 5 rings (SSSR count). The van der Waals surface area contributed by atoms with Gasteiger partial charge in [-0.25, -0.2) is 19.2 Å². The van der Waals surface area contributed by atoms with E-state index in [1.54, 1.807) is 0 Å². The third-order valence-corrected chi connectivity index (χ3v) is 7.94. The van der Waals surface area contributed by atoms with Gasteiger partial charge in [-0.3, -0.25) is 0 Å². The number of phenolic OH excluding ortho intramolecular Hbond substituents is 12. The average molecular weight is 789 g/mol. The van der Waals surface area contributed by atoms with E-state index in [0.717, 1.165) is 0 Å². The van der Waals surface area contributed by atoms with E-state index in [4.69, 9.17) is 23.7 Å². The summed E-state index contributed by atoms with van der Waals surface area (Å²) in [6.45, 7) is -1.09. The van der Waals surface area contributed by atoms with Crippen molar-refractivity contribution in [3.8, 4) is 69.0 Å². The molecule has 0 spiro atoms. The number of phenols is 12. The van der Waals surface area contributed by atoms with Gasteiger partial charge in [-0.1, -0.05) is 0 Å². The molecule has 22 nitrogen and oxygen atoms in total. The van der Waals surface area contributed by atoms with E-state index < -0.39 is 152 Å². The molecular weight excluding hydrogens is 760 g/mol. The molecule has 0 aliphatic carbocycles. The van der Waals surface area contributed by atoms with E-state index in [2.05, 4.69) is 0 Å². The summed E-state index contributed by atoms with van der Waals surface area (Å²) in [5, 5.41) is 129. The van der Waals surface area contributed by atoms with E-state index in [0.29, 0.717) is 48.5 Å². The lowest BCUT2D eigenvalue weighted by atomic mass is 9.97. The number of benzene rings is 4. The van der Waals surface area contributed by atoms with Gasteiger partial charge in [0.2, 0.25) is 0 Å². The molecule has 1 heterocycles. The number of ether oxygens (including phenoxy) is 5. The molecule has 56 heavy (non-hydrogen) atoms. The Morgan fingerprint density at radius 2 is 0.696 bits per heavy atom. The monoisotopic (exact) mass is 788 g/mol. The van der Waals surface area contributed by atoms with Gasteiger partial charge >= 0.3 is 23.9 Å². The third kappa shape index (κ3) is 7.95. The molecule has 5 atom stereocenters. The van der Waals surface area contributed by atoms with E-state index in [1.165, 1.54) is 0 Å². The SMILES string of the molecule is O=C(OCC1O[C@@H](O)[C@@H](OC(=O)c2cc(O)c(O)c(O)c2)C(OC(=O)c2cc(O)c(O)c(O)c2)[C@@H]1OC(=O)c1cc(O)c(O)c(O)c1)c1cc(O)c(O)c(O)c1. The molecule has 1 fully saturated rings. The number of hydrogen-bond donors (Lipinski definition) is 13. The van der Waals surface area contributed by atoms with Gasteiger partial charge in [0.15, 0.2) is 93.6 Å². The molecule has 0 amide bonds. The van der Waals surface area contributed by atoms with Crippen LogP contribution in [0.3, 0.4) is 0 Å². The fourth-order valence-corrected chi connectivity index (χ4v) is 5.14. The maximum atomic E-state index is 13.5. The largest absolute Gasteiger partial charge is 0.504 e. The molecule has 13 N–H and O–H groups in total. The van der Waals surface area contributed by atoms with Crippen molar-refractivity contribution in [1.29, 1.82) is 0 Å². The van der Waals surface area contributed by atoms with Gasteiger partial charge < -0.3 is 90.1 Å². The van der Waals surface area contributed by atoms with Crippen LogP contribution in [0.15, 0.2) is 48.5 Å². The van der Waals surface area contributed by atoms with E-state index in [9.17, 15) is 85.6 Å². The first-order chi connectivity index (χ1) is 26.3. The van der Waals surface area contributed by atoms with Crippen LogP contribution in [0.4, 0.5) is 0 Å². The molecule has 1 saturated heterocycles. The number of carbonyl (C=O) groups excluding carboxylic acids is 4. The van der Waals surface area contributed by atoms with Gasteiger partial charge in [0.1, 0.15) is 12.7 Å². The Labute approximate surface area is 310 Å². The van der Waals surface area contributed by atoms with Crippen molar-refractivity contribution in [1.82, 2.24) is 0 Å². The van der Waals surface area contributed by atoms with Crippen molar-refractivity contribution in [2.75, 3.05) is 6.61 Å². The number of rotatable bonds is 9. The zero-order valence-electron chi connectivity index (χ0n) is 27.7. The number of esters is 4. The second-order valence-electron chi connectivity index (χ2n) is 11.7. The van der Waals surface area contributed by atoms with Crippen LogP contribution < -0.4 is 0 Å². The summed E-state index contributed by atoms with van der Waals surface area (Å²) in [5.74, 6) is -18.2. The maximum Gasteiger partial charge on any atom is 0.339 e.